The Labute approximate surface area is 98.1 Å². The summed E-state index contributed by atoms with van der Waals surface area (Å²) < 4.78 is 1.14. The molecule has 0 fully saturated rings. The first-order valence-corrected chi connectivity index (χ1v) is 6.90. The molecule has 0 saturated heterocycles. The first-order valence-electron chi connectivity index (χ1n) is 5.10. The molecular formula is C11H14N2S2. The van der Waals surface area contributed by atoms with E-state index in [0.29, 0.717) is 0 Å². The third-order valence-electron chi connectivity index (χ3n) is 2.07. The molecule has 0 spiro atoms. The third kappa shape index (κ3) is 2.92. The van der Waals surface area contributed by atoms with Crippen LogP contribution < -0.4 is 0 Å². The molecule has 0 unspecified atom stereocenters. The number of aromatic nitrogens is 2. The number of fused-ring (bicyclic) bond motifs is 1. The van der Waals surface area contributed by atoms with E-state index in [1.54, 1.807) is 11.3 Å². The summed E-state index contributed by atoms with van der Waals surface area (Å²) in [6.07, 6.45) is 3.07. The zero-order chi connectivity index (χ0) is 10.7. The topological polar surface area (TPSA) is 25.8 Å². The summed E-state index contributed by atoms with van der Waals surface area (Å²) in [5.74, 6) is 1.92. The van der Waals surface area contributed by atoms with Crippen LogP contribution in [0.2, 0.25) is 0 Å². The predicted molar refractivity (Wildman–Crippen MR) is 67.6 cm³/mol. The Balaban J connectivity index is 2.03. The monoisotopic (exact) mass is 238 g/mol. The zero-order valence-corrected chi connectivity index (χ0v) is 10.6. The van der Waals surface area contributed by atoms with E-state index < -0.39 is 0 Å². The van der Waals surface area contributed by atoms with E-state index in [-0.39, 0.29) is 0 Å². The van der Waals surface area contributed by atoms with Crippen molar-refractivity contribution in [3.63, 3.8) is 0 Å². The van der Waals surface area contributed by atoms with Crippen LogP contribution in [-0.4, -0.2) is 15.7 Å². The molecule has 0 N–H and O–H groups in total. The van der Waals surface area contributed by atoms with E-state index in [2.05, 4.69) is 23.8 Å². The van der Waals surface area contributed by atoms with E-state index >= 15 is 0 Å². The molecule has 2 rings (SSSR count). The summed E-state index contributed by atoms with van der Waals surface area (Å²) in [4.78, 5) is 9.86. The lowest BCUT2D eigenvalue weighted by Gasteiger charge is -2.00. The van der Waals surface area contributed by atoms with Crippen molar-refractivity contribution >= 4 is 33.4 Å². The van der Waals surface area contributed by atoms with Crippen LogP contribution in [0.5, 0.6) is 0 Å². The fourth-order valence-electron chi connectivity index (χ4n) is 1.19. The minimum Gasteiger partial charge on any atom is -0.244 e. The number of hydrogen-bond acceptors (Lipinski definition) is 4. The molecule has 0 aliphatic carbocycles. The smallest absolute Gasteiger partial charge is 0.152 e. The number of rotatable bonds is 4. The maximum absolute atomic E-state index is 4.53. The average molecular weight is 238 g/mol. The molecule has 0 saturated carbocycles. The van der Waals surface area contributed by atoms with E-state index in [1.807, 2.05) is 30.1 Å². The number of hydrogen-bond donors (Lipinski definition) is 0. The number of nitrogens with zero attached hydrogens (tertiary/aromatic N) is 2. The van der Waals surface area contributed by atoms with Crippen LogP contribution in [0.25, 0.3) is 10.3 Å². The van der Waals surface area contributed by atoms with E-state index in [9.17, 15) is 0 Å². The lowest BCUT2D eigenvalue weighted by atomic mass is 10.2. The van der Waals surface area contributed by atoms with Gasteiger partial charge in [-0.3, -0.25) is 0 Å². The predicted octanol–water partition coefficient (Wildman–Crippen LogP) is 3.83. The molecule has 0 radical (unpaired) electrons. The molecule has 2 aromatic heterocycles. The molecule has 0 aliphatic rings. The van der Waals surface area contributed by atoms with Gasteiger partial charge in [0, 0.05) is 11.9 Å². The molecule has 0 aliphatic heterocycles. The van der Waals surface area contributed by atoms with Crippen LogP contribution in [-0.2, 0) is 0 Å². The molecule has 2 aromatic rings. The maximum Gasteiger partial charge on any atom is 0.152 e. The highest BCUT2D eigenvalue weighted by atomic mass is 32.2. The van der Waals surface area contributed by atoms with Gasteiger partial charge in [-0.2, -0.15) is 0 Å². The molecule has 2 heterocycles. The Hall–Kier alpha value is -0.610. The standard InChI is InChI=1S/C11H14N2S2/c1-8(2)5-7-14-11-13-9-4-3-6-12-10(9)15-11/h3-4,6,8H,5,7H2,1-2H3. The first kappa shape index (κ1) is 10.9. The largest absolute Gasteiger partial charge is 0.244 e. The van der Waals surface area contributed by atoms with Gasteiger partial charge in [-0.25, -0.2) is 9.97 Å². The Morgan fingerprint density at radius 3 is 3.07 bits per heavy atom. The highest BCUT2D eigenvalue weighted by Crippen LogP contribution is 2.28. The third-order valence-corrected chi connectivity index (χ3v) is 4.22. The first-order chi connectivity index (χ1) is 7.25. The second-order valence-electron chi connectivity index (χ2n) is 3.84. The molecule has 0 bridgehead atoms. The van der Waals surface area contributed by atoms with E-state index in [1.165, 1.54) is 6.42 Å². The van der Waals surface area contributed by atoms with Crippen LogP contribution in [0.15, 0.2) is 22.7 Å². The molecule has 0 amide bonds. The van der Waals surface area contributed by atoms with Gasteiger partial charge in [0.2, 0.25) is 0 Å². The van der Waals surface area contributed by atoms with Crippen LogP contribution >= 0.6 is 23.1 Å². The van der Waals surface area contributed by atoms with Gasteiger partial charge in [-0.1, -0.05) is 36.9 Å². The summed E-state index contributed by atoms with van der Waals surface area (Å²) >= 11 is 3.53. The Morgan fingerprint density at radius 1 is 1.47 bits per heavy atom. The van der Waals surface area contributed by atoms with Gasteiger partial charge in [0.1, 0.15) is 10.3 Å². The van der Waals surface area contributed by atoms with Crippen molar-refractivity contribution in [2.45, 2.75) is 24.6 Å². The molecule has 80 valence electrons. The van der Waals surface area contributed by atoms with E-state index in [4.69, 9.17) is 0 Å². The number of pyridine rings is 1. The molecule has 15 heavy (non-hydrogen) atoms. The van der Waals surface area contributed by atoms with Gasteiger partial charge in [0.25, 0.3) is 0 Å². The summed E-state index contributed by atoms with van der Waals surface area (Å²) in [5, 5.41) is 0. The summed E-state index contributed by atoms with van der Waals surface area (Å²) in [5.41, 5.74) is 1.02. The summed E-state index contributed by atoms with van der Waals surface area (Å²) in [6.45, 7) is 4.50. The Bertz CT molecular complexity index is 404. The van der Waals surface area contributed by atoms with Crippen molar-refractivity contribution in [2.24, 2.45) is 5.92 Å². The van der Waals surface area contributed by atoms with Crippen molar-refractivity contribution < 1.29 is 0 Å². The molecule has 0 aromatic carbocycles. The van der Waals surface area contributed by atoms with Crippen molar-refractivity contribution in [3.05, 3.63) is 18.3 Å². The average Bonchev–Trinajstić information content (AvgIpc) is 2.59. The van der Waals surface area contributed by atoms with Crippen molar-refractivity contribution in [1.29, 1.82) is 0 Å². The number of thioether (sulfide) groups is 1. The lowest BCUT2D eigenvalue weighted by molar-refractivity contribution is 0.632. The summed E-state index contributed by atoms with van der Waals surface area (Å²) in [7, 11) is 0. The highest BCUT2D eigenvalue weighted by molar-refractivity contribution is 8.01. The van der Waals surface area contributed by atoms with Crippen LogP contribution in [0, 0.1) is 5.92 Å². The van der Waals surface area contributed by atoms with Gasteiger partial charge in [-0.15, -0.1) is 0 Å². The quantitative estimate of drug-likeness (QED) is 0.757. The van der Waals surface area contributed by atoms with Gasteiger partial charge in [0.15, 0.2) is 4.34 Å². The maximum atomic E-state index is 4.53. The second-order valence-corrected chi connectivity index (χ2v) is 6.16. The normalized spacial score (nSPS) is 11.4. The van der Waals surface area contributed by atoms with Crippen LogP contribution in [0.4, 0.5) is 0 Å². The van der Waals surface area contributed by atoms with E-state index in [0.717, 1.165) is 26.4 Å². The lowest BCUT2D eigenvalue weighted by Crippen LogP contribution is -1.88. The minimum absolute atomic E-state index is 0.769. The Morgan fingerprint density at radius 2 is 2.33 bits per heavy atom. The highest BCUT2D eigenvalue weighted by Gasteiger charge is 2.04. The van der Waals surface area contributed by atoms with Gasteiger partial charge >= 0.3 is 0 Å². The summed E-state index contributed by atoms with van der Waals surface area (Å²) in [6, 6.07) is 3.95. The fraction of sp³-hybridized carbons (Fsp3) is 0.455. The van der Waals surface area contributed by atoms with Crippen molar-refractivity contribution in [3.8, 4) is 0 Å². The zero-order valence-electron chi connectivity index (χ0n) is 8.93. The van der Waals surface area contributed by atoms with Gasteiger partial charge in [-0.05, 0) is 24.5 Å². The Kier molecular flexibility index (Phi) is 3.59. The minimum atomic E-state index is 0.769. The second kappa shape index (κ2) is 4.94. The fourth-order valence-corrected chi connectivity index (χ4v) is 3.48. The van der Waals surface area contributed by atoms with Crippen molar-refractivity contribution in [2.75, 3.05) is 5.75 Å². The van der Waals surface area contributed by atoms with Crippen LogP contribution in [0.1, 0.15) is 20.3 Å². The van der Waals surface area contributed by atoms with Crippen molar-refractivity contribution in [1.82, 2.24) is 9.97 Å². The SMILES string of the molecule is CC(C)CCSc1nc2cccnc2s1. The number of thiazole rings is 1. The van der Waals surface area contributed by atoms with Gasteiger partial charge < -0.3 is 0 Å². The molecular weight excluding hydrogens is 224 g/mol. The molecule has 2 nitrogen and oxygen atoms in total. The van der Waals surface area contributed by atoms with Gasteiger partial charge in [0.05, 0.1) is 0 Å². The van der Waals surface area contributed by atoms with Crippen LogP contribution in [0.3, 0.4) is 0 Å². The molecule has 4 heteroatoms. The molecule has 0 atom stereocenters.